The molecule has 0 aliphatic rings. The average Bonchev–Trinajstić information content (AvgIpc) is 2.60. The molecule has 1 rings (SSSR count). The van der Waals surface area contributed by atoms with Crippen molar-refractivity contribution in [2.75, 3.05) is 37.0 Å². The highest BCUT2D eigenvalue weighted by atomic mass is 35.5. The SMILES string of the molecule is CCCN(CC(=O)Nc1ccc(Cl)cc1Cl)C(=O)CCSCC(=O)OC. The molecule has 0 unspecified atom stereocenters. The number of anilines is 1. The lowest BCUT2D eigenvalue weighted by Gasteiger charge is -2.21. The second-order valence-corrected chi connectivity index (χ2v) is 7.32. The second-order valence-electron chi connectivity index (χ2n) is 5.37. The molecule has 1 aromatic rings. The monoisotopic (exact) mass is 420 g/mol. The van der Waals surface area contributed by atoms with Gasteiger partial charge in [0.2, 0.25) is 11.8 Å². The van der Waals surface area contributed by atoms with Gasteiger partial charge in [-0.3, -0.25) is 14.4 Å². The topological polar surface area (TPSA) is 75.7 Å². The number of hydrogen-bond donors (Lipinski definition) is 1. The van der Waals surface area contributed by atoms with Crippen LogP contribution in [0.15, 0.2) is 18.2 Å². The van der Waals surface area contributed by atoms with Crippen molar-refractivity contribution in [1.82, 2.24) is 4.90 Å². The highest BCUT2D eigenvalue weighted by molar-refractivity contribution is 7.99. The second kappa shape index (κ2) is 12.0. The highest BCUT2D eigenvalue weighted by Gasteiger charge is 2.17. The van der Waals surface area contributed by atoms with Crippen LogP contribution in [0.1, 0.15) is 19.8 Å². The van der Waals surface area contributed by atoms with E-state index >= 15 is 0 Å². The summed E-state index contributed by atoms with van der Waals surface area (Å²) in [6.45, 7) is 2.34. The first-order valence-corrected chi connectivity index (χ1v) is 9.95. The molecule has 0 saturated carbocycles. The average molecular weight is 421 g/mol. The molecule has 6 nitrogen and oxygen atoms in total. The van der Waals surface area contributed by atoms with Gasteiger partial charge in [-0.25, -0.2) is 0 Å². The molecule has 26 heavy (non-hydrogen) atoms. The number of rotatable bonds is 10. The van der Waals surface area contributed by atoms with Crippen molar-refractivity contribution in [3.05, 3.63) is 28.2 Å². The first-order chi connectivity index (χ1) is 12.4. The molecule has 0 heterocycles. The first kappa shape index (κ1) is 22.6. The van der Waals surface area contributed by atoms with Crippen LogP contribution in [0, 0.1) is 0 Å². The summed E-state index contributed by atoms with van der Waals surface area (Å²) in [6, 6.07) is 4.76. The fourth-order valence-corrected chi connectivity index (χ4v) is 3.25. The molecule has 0 spiro atoms. The van der Waals surface area contributed by atoms with E-state index < -0.39 is 0 Å². The summed E-state index contributed by atoms with van der Waals surface area (Å²) in [4.78, 5) is 37.1. The Bertz CT molecular complexity index is 643. The van der Waals surface area contributed by atoms with Crippen molar-refractivity contribution in [1.29, 1.82) is 0 Å². The van der Waals surface area contributed by atoms with Crippen LogP contribution in [0.25, 0.3) is 0 Å². The van der Waals surface area contributed by atoms with Crippen LogP contribution in [0.5, 0.6) is 0 Å². The van der Waals surface area contributed by atoms with Crippen molar-refractivity contribution in [3.63, 3.8) is 0 Å². The summed E-state index contributed by atoms with van der Waals surface area (Å²) < 4.78 is 4.54. The molecule has 0 atom stereocenters. The molecule has 0 radical (unpaired) electrons. The largest absolute Gasteiger partial charge is 0.468 e. The Morgan fingerprint density at radius 1 is 1.27 bits per heavy atom. The molecule has 0 aromatic heterocycles. The number of thioether (sulfide) groups is 1. The van der Waals surface area contributed by atoms with Crippen LogP contribution < -0.4 is 5.32 Å². The van der Waals surface area contributed by atoms with E-state index in [1.54, 1.807) is 12.1 Å². The van der Waals surface area contributed by atoms with E-state index in [2.05, 4.69) is 10.1 Å². The predicted molar refractivity (Wildman–Crippen MR) is 106 cm³/mol. The number of ether oxygens (including phenoxy) is 1. The van der Waals surface area contributed by atoms with Gasteiger partial charge in [-0.1, -0.05) is 30.1 Å². The normalized spacial score (nSPS) is 10.3. The number of nitrogens with zero attached hydrogens (tertiary/aromatic N) is 1. The number of amides is 2. The van der Waals surface area contributed by atoms with Gasteiger partial charge >= 0.3 is 5.97 Å². The number of methoxy groups -OCH3 is 1. The zero-order chi connectivity index (χ0) is 19.5. The molecule has 0 aliphatic heterocycles. The quantitative estimate of drug-likeness (QED) is 0.463. The summed E-state index contributed by atoms with van der Waals surface area (Å²) >= 11 is 13.2. The predicted octanol–water partition coefficient (Wildman–Crippen LogP) is 3.47. The number of carbonyl (C=O) groups is 3. The van der Waals surface area contributed by atoms with Gasteiger partial charge in [-0.05, 0) is 24.6 Å². The third kappa shape index (κ3) is 8.29. The van der Waals surface area contributed by atoms with Gasteiger partial charge in [0.15, 0.2) is 0 Å². The van der Waals surface area contributed by atoms with Crippen molar-refractivity contribution >= 4 is 58.4 Å². The van der Waals surface area contributed by atoms with E-state index in [1.807, 2.05) is 6.92 Å². The van der Waals surface area contributed by atoms with Gasteiger partial charge in [0, 0.05) is 23.7 Å². The maximum atomic E-state index is 12.3. The van der Waals surface area contributed by atoms with E-state index in [1.165, 1.54) is 29.8 Å². The van der Waals surface area contributed by atoms with Gasteiger partial charge in [-0.2, -0.15) is 0 Å². The fraction of sp³-hybridized carbons (Fsp3) is 0.471. The standard InChI is InChI=1S/C17H22Cl2N2O4S/c1-3-7-21(16(23)6-8-26-11-17(24)25-2)10-15(22)20-14-5-4-12(18)9-13(14)19/h4-5,9H,3,6-8,10-11H2,1-2H3,(H,20,22). The van der Waals surface area contributed by atoms with E-state index in [0.29, 0.717) is 28.0 Å². The van der Waals surface area contributed by atoms with Gasteiger partial charge in [0.1, 0.15) is 0 Å². The van der Waals surface area contributed by atoms with Crippen LogP contribution >= 0.6 is 35.0 Å². The maximum Gasteiger partial charge on any atom is 0.315 e. The van der Waals surface area contributed by atoms with Crippen molar-refractivity contribution < 1.29 is 19.1 Å². The number of benzene rings is 1. The van der Waals surface area contributed by atoms with Crippen LogP contribution in [0.3, 0.4) is 0 Å². The molecule has 0 aliphatic carbocycles. The number of halogens is 2. The molecule has 2 amide bonds. The number of carbonyl (C=O) groups excluding carboxylic acids is 3. The Labute approximate surface area is 167 Å². The van der Waals surface area contributed by atoms with E-state index in [4.69, 9.17) is 23.2 Å². The molecule has 1 aromatic carbocycles. The lowest BCUT2D eigenvalue weighted by Crippen LogP contribution is -2.38. The highest BCUT2D eigenvalue weighted by Crippen LogP contribution is 2.25. The van der Waals surface area contributed by atoms with Crippen LogP contribution in [-0.2, 0) is 19.1 Å². The first-order valence-electron chi connectivity index (χ1n) is 8.04. The van der Waals surface area contributed by atoms with E-state index in [-0.39, 0.29) is 36.5 Å². The van der Waals surface area contributed by atoms with Gasteiger partial charge < -0.3 is 15.0 Å². The summed E-state index contributed by atoms with van der Waals surface area (Å²) in [5.74, 6) is -0.113. The molecule has 0 fully saturated rings. The lowest BCUT2D eigenvalue weighted by atomic mass is 10.3. The summed E-state index contributed by atoms with van der Waals surface area (Å²) in [7, 11) is 1.32. The minimum atomic E-state index is -0.335. The van der Waals surface area contributed by atoms with Gasteiger partial charge in [0.05, 0.1) is 30.1 Å². The maximum absolute atomic E-state index is 12.3. The van der Waals surface area contributed by atoms with Crippen molar-refractivity contribution in [2.45, 2.75) is 19.8 Å². The zero-order valence-corrected chi connectivity index (χ0v) is 17.0. The number of nitrogens with one attached hydrogen (secondary N) is 1. The van der Waals surface area contributed by atoms with E-state index in [0.717, 1.165) is 6.42 Å². The Kier molecular flexibility index (Phi) is 10.5. The molecule has 144 valence electrons. The molecular formula is C17H22Cl2N2O4S. The lowest BCUT2D eigenvalue weighted by molar-refractivity contribution is -0.137. The Hall–Kier alpha value is -1.44. The molecule has 0 bridgehead atoms. The molecular weight excluding hydrogens is 399 g/mol. The van der Waals surface area contributed by atoms with Crippen molar-refractivity contribution in [2.24, 2.45) is 0 Å². The van der Waals surface area contributed by atoms with E-state index in [9.17, 15) is 14.4 Å². The molecule has 1 N–H and O–H groups in total. The van der Waals surface area contributed by atoms with Gasteiger partial charge in [-0.15, -0.1) is 11.8 Å². The summed E-state index contributed by atoms with van der Waals surface area (Å²) in [5, 5.41) is 3.49. The minimum absolute atomic E-state index is 0.0622. The molecule has 9 heteroatoms. The third-order valence-corrected chi connectivity index (χ3v) is 4.77. The Morgan fingerprint density at radius 2 is 2.00 bits per heavy atom. The fourth-order valence-electron chi connectivity index (χ4n) is 2.05. The Balaban J connectivity index is 2.53. The minimum Gasteiger partial charge on any atom is -0.468 e. The van der Waals surface area contributed by atoms with Crippen LogP contribution in [0.4, 0.5) is 5.69 Å². The van der Waals surface area contributed by atoms with Crippen LogP contribution in [-0.4, -0.2) is 54.4 Å². The smallest absolute Gasteiger partial charge is 0.315 e. The molecule has 0 saturated heterocycles. The van der Waals surface area contributed by atoms with Crippen LogP contribution in [0.2, 0.25) is 10.0 Å². The third-order valence-electron chi connectivity index (χ3n) is 3.29. The summed E-state index contributed by atoms with van der Waals surface area (Å²) in [5.41, 5.74) is 0.443. The zero-order valence-electron chi connectivity index (χ0n) is 14.7. The Morgan fingerprint density at radius 3 is 2.62 bits per heavy atom. The number of esters is 1. The van der Waals surface area contributed by atoms with Crippen molar-refractivity contribution in [3.8, 4) is 0 Å². The summed E-state index contributed by atoms with van der Waals surface area (Å²) in [6.07, 6.45) is 0.979. The number of hydrogen-bond acceptors (Lipinski definition) is 5. The van der Waals surface area contributed by atoms with Gasteiger partial charge in [0.25, 0.3) is 0 Å².